The van der Waals surface area contributed by atoms with Gasteiger partial charge in [0, 0.05) is 29.5 Å². The third kappa shape index (κ3) is 4.66. The van der Waals surface area contributed by atoms with Crippen LogP contribution in [0.2, 0.25) is 5.02 Å². The summed E-state index contributed by atoms with van der Waals surface area (Å²) in [6.45, 7) is 4.27. The highest BCUT2D eigenvalue weighted by molar-refractivity contribution is 7.99. The number of carbonyl (C=O) groups is 1. The highest BCUT2D eigenvalue weighted by Gasteiger charge is 2.15. The molecule has 0 fully saturated rings. The number of halogens is 1. The predicted octanol–water partition coefficient (Wildman–Crippen LogP) is 3.62. The number of aromatic nitrogens is 4. The quantitative estimate of drug-likeness (QED) is 0.357. The average Bonchev–Trinajstić information content (AvgIpc) is 3.07. The lowest BCUT2D eigenvalue weighted by Gasteiger charge is -2.09. The van der Waals surface area contributed by atoms with E-state index in [1.165, 1.54) is 23.9 Å². The van der Waals surface area contributed by atoms with E-state index in [4.69, 9.17) is 11.6 Å². The smallest absolute Gasteiger partial charge is 0.234 e. The molecule has 3 rings (SSSR count). The van der Waals surface area contributed by atoms with E-state index in [1.54, 1.807) is 24.5 Å². The molecule has 0 bridgehead atoms. The van der Waals surface area contributed by atoms with Crippen molar-refractivity contribution in [3.63, 3.8) is 0 Å². The first-order valence-corrected chi connectivity index (χ1v) is 9.30. The Hall–Kier alpha value is -2.84. The number of nitrogens with one attached hydrogen (secondary N) is 1. The van der Waals surface area contributed by atoms with Crippen molar-refractivity contribution in [3.8, 4) is 17.1 Å². The summed E-state index contributed by atoms with van der Waals surface area (Å²) in [6, 6.07) is 8.13. The fourth-order valence-electron chi connectivity index (χ4n) is 2.33. The van der Waals surface area contributed by atoms with Gasteiger partial charge in [0.25, 0.3) is 0 Å². The number of aromatic hydroxyl groups is 1. The summed E-state index contributed by atoms with van der Waals surface area (Å²) in [5.41, 5.74) is 1.14. The van der Waals surface area contributed by atoms with E-state index in [2.05, 4.69) is 27.1 Å². The lowest BCUT2D eigenvalue weighted by atomic mass is 10.2. The molecule has 1 aromatic carbocycles. The largest absolute Gasteiger partial charge is 0.506 e. The maximum absolute atomic E-state index is 12.2. The van der Waals surface area contributed by atoms with Crippen LogP contribution < -0.4 is 5.32 Å². The van der Waals surface area contributed by atoms with Gasteiger partial charge in [-0.05, 0) is 30.3 Å². The predicted molar refractivity (Wildman–Crippen MR) is 106 cm³/mol. The molecule has 0 saturated heterocycles. The molecule has 3 aromatic rings. The van der Waals surface area contributed by atoms with Crippen LogP contribution in [0.3, 0.4) is 0 Å². The van der Waals surface area contributed by atoms with Gasteiger partial charge in [0.05, 0.1) is 11.4 Å². The van der Waals surface area contributed by atoms with Crippen LogP contribution in [0.1, 0.15) is 0 Å². The van der Waals surface area contributed by atoms with Crippen LogP contribution in [0.15, 0.2) is 60.5 Å². The second kappa shape index (κ2) is 8.70. The van der Waals surface area contributed by atoms with Gasteiger partial charge in [0.2, 0.25) is 5.91 Å². The topological polar surface area (TPSA) is 92.9 Å². The van der Waals surface area contributed by atoms with Gasteiger partial charge >= 0.3 is 0 Å². The van der Waals surface area contributed by atoms with Crippen LogP contribution in [0.4, 0.5) is 5.69 Å². The zero-order valence-electron chi connectivity index (χ0n) is 14.2. The van der Waals surface area contributed by atoms with Crippen molar-refractivity contribution < 1.29 is 9.90 Å². The van der Waals surface area contributed by atoms with Crippen LogP contribution in [-0.2, 0) is 11.3 Å². The molecule has 0 unspecified atom stereocenters. The summed E-state index contributed by atoms with van der Waals surface area (Å²) in [6.07, 6.45) is 5.10. The minimum atomic E-state index is -0.295. The van der Waals surface area contributed by atoms with E-state index in [0.29, 0.717) is 22.5 Å². The number of hydrogen-bond acceptors (Lipinski definition) is 6. The summed E-state index contributed by atoms with van der Waals surface area (Å²) < 4.78 is 1.87. The first-order chi connectivity index (χ1) is 13.1. The maximum atomic E-state index is 12.2. The number of carbonyl (C=O) groups excluding carboxylic acids is 1. The average molecular weight is 402 g/mol. The van der Waals surface area contributed by atoms with Crippen LogP contribution in [0.5, 0.6) is 5.75 Å². The molecule has 0 radical (unpaired) electrons. The van der Waals surface area contributed by atoms with Crippen LogP contribution in [0, 0.1) is 0 Å². The van der Waals surface area contributed by atoms with Crippen molar-refractivity contribution in [2.24, 2.45) is 0 Å². The highest BCUT2D eigenvalue weighted by Crippen LogP contribution is 2.27. The van der Waals surface area contributed by atoms with Gasteiger partial charge in [-0.15, -0.1) is 16.8 Å². The Morgan fingerprint density at radius 1 is 1.30 bits per heavy atom. The molecule has 0 atom stereocenters. The molecule has 2 N–H and O–H groups in total. The monoisotopic (exact) mass is 401 g/mol. The fraction of sp³-hybridized carbons (Fsp3) is 0.111. The number of nitrogens with zero attached hydrogens (tertiary/aromatic N) is 4. The summed E-state index contributed by atoms with van der Waals surface area (Å²) >= 11 is 7.13. The molecule has 9 heteroatoms. The molecule has 138 valence electrons. The Labute approximate surface area is 165 Å². The number of amides is 1. The van der Waals surface area contributed by atoms with Gasteiger partial charge in [0.1, 0.15) is 5.75 Å². The van der Waals surface area contributed by atoms with Crippen molar-refractivity contribution in [1.82, 2.24) is 19.7 Å². The van der Waals surface area contributed by atoms with Gasteiger partial charge in [0.15, 0.2) is 11.0 Å². The van der Waals surface area contributed by atoms with E-state index in [-0.39, 0.29) is 23.1 Å². The zero-order chi connectivity index (χ0) is 19.2. The number of rotatable bonds is 7. The molecule has 0 spiro atoms. The van der Waals surface area contributed by atoms with Crippen LogP contribution >= 0.6 is 23.4 Å². The molecule has 0 aliphatic carbocycles. The minimum absolute atomic E-state index is 0.0486. The summed E-state index contributed by atoms with van der Waals surface area (Å²) in [5, 5.41) is 21.8. The van der Waals surface area contributed by atoms with E-state index in [0.717, 1.165) is 5.56 Å². The Balaban J connectivity index is 1.72. The second-order valence-corrected chi connectivity index (χ2v) is 6.82. The lowest BCUT2D eigenvalue weighted by molar-refractivity contribution is -0.113. The lowest BCUT2D eigenvalue weighted by Crippen LogP contribution is -2.14. The van der Waals surface area contributed by atoms with Gasteiger partial charge in [-0.1, -0.05) is 29.4 Å². The third-order valence-corrected chi connectivity index (χ3v) is 4.73. The van der Waals surface area contributed by atoms with Gasteiger partial charge in [-0.25, -0.2) is 0 Å². The van der Waals surface area contributed by atoms with Crippen LogP contribution in [0.25, 0.3) is 11.4 Å². The number of phenols is 1. The highest BCUT2D eigenvalue weighted by atomic mass is 35.5. The Bertz CT molecular complexity index is 962. The van der Waals surface area contributed by atoms with Gasteiger partial charge in [-0.2, -0.15) is 0 Å². The normalized spacial score (nSPS) is 10.6. The second-order valence-electron chi connectivity index (χ2n) is 5.44. The van der Waals surface area contributed by atoms with Crippen LogP contribution in [-0.4, -0.2) is 36.5 Å². The summed E-state index contributed by atoms with van der Waals surface area (Å²) in [4.78, 5) is 16.2. The minimum Gasteiger partial charge on any atom is -0.506 e. The van der Waals surface area contributed by atoms with Crippen molar-refractivity contribution in [3.05, 3.63) is 60.4 Å². The number of hydrogen-bond donors (Lipinski definition) is 2. The molecule has 7 nitrogen and oxygen atoms in total. The van der Waals surface area contributed by atoms with E-state index < -0.39 is 0 Å². The van der Waals surface area contributed by atoms with Gasteiger partial charge in [-0.3, -0.25) is 14.3 Å². The number of thioether (sulfide) groups is 1. The fourth-order valence-corrected chi connectivity index (χ4v) is 3.25. The van der Waals surface area contributed by atoms with Crippen molar-refractivity contribution in [2.45, 2.75) is 11.7 Å². The number of allylic oxidation sites excluding steroid dienone is 1. The van der Waals surface area contributed by atoms with E-state index in [1.807, 2.05) is 16.7 Å². The van der Waals surface area contributed by atoms with Crippen molar-refractivity contribution in [1.29, 1.82) is 0 Å². The molecular weight excluding hydrogens is 386 g/mol. The standard InChI is InChI=1S/C18H16ClN5O2S/c1-2-9-24-17(12-5-7-20-8-6-12)22-23-18(24)27-11-16(26)21-14-10-13(19)3-4-15(14)25/h2-8,10,25H,1,9,11H2,(H,21,26). The first kappa shape index (κ1) is 18.9. The van der Waals surface area contributed by atoms with Gasteiger partial charge < -0.3 is 10.4 Å². The number of pyridine rings is 1. The third-order valence-electron chi connectivity index (χ3n) is 3.53. The molecule has 0 saturated carbocycles. The molecule has 1 amide bonds. The number of benzene rings is 1. The SMILES string of the molecule is C=CCn1c(SCC(=O)Nc2cc(Cl)ccc2O)nnc1-c1ccncc1. The Morgan fingerprint density at radius 2 is 2.07 bits per heavy atom. The first-order valence-electron chi connectivity index (χ1n) is 7.94. The van der Waals surface area contributed by atoms with E-state index >= 15 is 0 Å². The molecular formula is C18H16ClN5O2S. The maximum Gasteiger partial charge on any atom is 0.234 e. The zero-order valence-corrected chi connectivity index (χ0v) is 15.7. The Morgan fingerprint density at radius 3 is 2.81 bits per heavy atom. The summed E-state index contributed by atoms with van der Waals surface area (Å²) in [7, 11) is 0. The summed E-state index contributed by atoms with van der Waals surface area (Å²) in [5.74, 6) is 0.425. The molecule has 2 aromatic heterocycles. The Kier molecular flexibility index (Phi) is 6.10. The van der Waals surface area contributed by atoms with Crippen molar-refractivity contribution >= 4 is 35.0 Å². The number of phenolic OH excluding ortho intramolecular Hbond substituents is 1. The molecule has 27 heavy (non-hydrogen) atoms. The van der Waals surface area contributed by atoms with E-state index in [9.17, 15) is 9.90 Å². The molecule has 0 aliphatic rings. The van der Waals surface area contributed by atoms with Crippen molar-refractivity contribution in [2.75, 3.05) is 11.1 Å². The molecule has 2 heterocycles. The number of anilines is 1. The molecule has 0 aliphatic heterocycles.